The first kappa shape index (κ1) is 20.3. The predicted octanol–water partition coefficient (Wildman–Crippen LogP) is 5.42. The molecule has 0 radical (unpaired) electrons. The van der Waals surface area contributed by atoms with Crippen LogP contribution >= 0.6 is 0 Å². The molecule has 0 spiro atoms. The van der Waals surface area contributed by atoms with Gasteiger partial charge in [-0.15, -0.1) is 0 Å². The van der Waals surface area contributed by atoms with Gasteiger partial charge in [0, 0.05) is 10.9 Å². The zero-order valence-electron chi connectivity index (χ0n) is 17.1. The zero-order chi connectivity index (χ0) is 21.8. The number of esters is 1. The van der Waals surface area contributed by atoms with E-state index in [0.717, 1.165) is 11.3 Å². The van der Waals surface area contributed by atoms with Crippen molar-refractivity contribution in [1.82, 2.24) is 4.98 Å². The molecule has 0 amide bonds. The van der Waals surface area contributed by atoms with Crippen molar-refractivity contribution in [3.63, 3.8) is 0 Å². The maximum absolute atomic E-state index is 13.9. The molecule has 0 unspecified atom stereocenters. The fourth-order valence-electron chi connectivity index (χ4n) is 3.28. The van der Waals surface area contributed by atoms with Gasteiger partial charge in [0.2, 0.25) is 0 Å². The smallest absolute Gasteiger partial charge is 0.339 e. The van der Waals surface area contributed by atoms with E-state index in [1.165, 1.54) is 19.2 Å². The van der Waals surface area contributed by atoms with Crippen molar-refractivity contribution in [2.45, 2.75) is 6.61 Å². The Morgan fingerprint density at radius 2 is 1.71 bits per heavy atom. The minimum atomic E-state index is -0.510. The lowest BCUT2D eigenvalue weighted by Crippen LogP contribution is -2.07. The van der Waals surface area contributed by atoms with Crippen molar-refractivity contribution in [2.24, 2.45) is 0 Å². The number of nitrogens with zero attached hydrogens (tertiary/aromatic N) is 1. The van der Waals surface area contributed by atoms with Gasteiger partial charge in [-0.25, -0.2) is 14.2 Å². The molecule has 0 saturated carbocycles. The summed E-state index contributed by atoms with van der Waals surface area (Å²) in [5.41, 5.74) is 3.09. The topological polar surface area (TPSA) is 57.7 Å². The van der Waals surface area contributed by atoms with Gasteiger partial charge in [-0.3, -0.25) is 0 Å². The Kier molecular flexibility index (Phi) is 5.80. The Balaban J connectivity index is 1.65. The number of methoxy groups -OCH3 is 2. The lowest BCUT2D eigenvalue weighted by molar-refractivity contribution is 0.0474. The second-order valence-corrected chi connectivity index (χ2v) is 6.85. The van der Waals surface area contributed by atoms with Crippen LogP contribution in [0.15, 0.2) is 72.8 Å². The summed E-state index contributed by atoms with van der Waals surface area (Å²) in [6.07, 6.45) is 0. The number of halogens is 1. The lowest BCUT2D eigenvalue weighted by Gasteiger charge is -2.11. The van der Waals surface area contributed by atoms with E-state index in [4.69, 9.17) is 14.2 Å². The second-order valence-electron chi connectivity index (χ2n) is 6.85. The maximum Gasteiger partial charge on any atom is 0.339 e. The molecule has 3 aromatic carbocycles. The van der Waals surface area contributed by atoms with Crippen LogP contribution in [0.4, 0.5) is 4.39 Å². The van der Waals surface area contributed by atoms with E-state index in [0.29, 0.717) is 27.7 Å². The highest BCUT2D eigenvalue weighted by Crippen LogP contribution is 2.27. The third-order valence-corrected chi connectivity index (χ3v) is 4.91. The predicted molar refractivity (Wildman–Crippen MR) is 116 cm³/mol. The average molecular weight is 417 g/mol. The number of carbonyl (C=O) groups excluding carboxylic acids is 1. The molecular weight excluding hydrogens is 397 g/mol. The summed E-state index contributed by atoms with van der Waals surface area (Å²) in [5, 5.41) is 0.686. The number of pyridine rings is 1. The first-order valence-electron chi connectivity index (χ1n) is 9.63. The van der Waals surface area contributed by atoms with Crippen LogP contribution in [-0.2, 0) is 11.3 Å². The van der Waals surface area contributed by atoms with Gasteiger partial charge in [0.05, 0.1) is 31.0 Å². The van der Waals surface area contributed by atoms with Crippen LogP contribution in [-0.4, -0.2) is 25.2 Å². The Bertz CT molecular complexity index is 1240. The van der Waals surface area contributed by atoms with Crippen molar-refractivity contribution in [1.29, 1.82) is 0 Å². The quantitative estimate of drug-likeness (QED) is 0.392. The molecule has 6 heteroatoms. The SMILES string of the molecule is COc1ccc(-c2cc(C(=O)OCc3ccc(OC)c(F)c3)c3ccccc3n2)cc1. The first-order chi connectivity index (χ1) is 15.1. The molecule has 0 fully saturated rings. The van der Waals surface area contributed by atoms with Crippen molar-refractivity contribution < 1.29 is 23.4 Å². The van der Waals surface area contributed by atoms with E-state index in [-0.39, 0.29) is 12.4 Å². The molecule has 0 N–H and O–H groups in total. The monoisotopic (exact) mass is 417 g/mol. The van der Waals surface area contributed by atoms with E-state index < -0.39 is 11.8 Å². The Hall–Kier alpha value is -3.93. The number of para-hydroxylation sites is 1. The van der Waals surface area contributed by atoms with E-state index in [2.05, 4.69) is 4.98 Å². The number of hydrogen-bond acceptors (Lipinski definition) is 5. The number of hydrogen-bond donors (Lipinski definition) is 0. The molecule has 31 heavy (non-hydrogen) atoms. The normalized spacial score (nSPS) is 10.7. The summed E-state index contributed by atoms with van der Waals surface area (Å²) in [6.45, 7) is -0.0612. The maximum atomic E-state index is 13.9. The molecule has 0 saturated heterocycles. The van der Waals surface area contributed by atoms with Gasteiger partial charge >= 0.3 is 5.97 Å². The molecule has 1 heterocycles. The molecule has 5 nitrogen and oxygen atoms in total. The minimum Gasteiger partial charge on any atom is -0.497 e. The zero-order valence-corrected chi connectivity index (χ0v) is 17.1. The summed E-state index contributed by atoms with van der Waals surface area (Å²) < 4.78 is 29.5. The van der Waals surface area contributed by atoms with Gasteiger partial charge in [-0.1, -0.05) is 24.3 Å². The summed E-state index contributed by atoms with van der Waals surface area (Å²) >= 11 is 0. The van der Waals surface area contributed by atoms with Crippen LogP contribution in [0, 0.1) is 5.82 Å². The number of carbonyl (C=O) groups is 1. The van der Waals surface area contributed by atoms with E-state index in [1.54, 1.807) is 19.2 Å². The fraction of sp³-hybridized carbons (Fsp3) is 0.120. The highest BCUT2D eigenvalue weighted by molar-refractivity contribution is 6.04. The van der Waals surface area contributed by atoms with Crippen molar-refractivity contribution in [2.75, 3.05) is 14.2 Å². The van der Waals surface area contributed by atoms with Crippen LogP contribution in [0.1, 0.15) is 15.9 Å². The average Bonchev–Trinajstić information content (AvgIpc) is 2.82. The molecule has 4 rings (SSSR count). The number of fused-ring (bicyclic) bond motifs is 1. The molecule has 0 atom stereocenters. The third kappa shape index (κ3) is 4.33. The van der Waals surface area contributed by atoms with Gasteiger partial charge < -0.3 is 14.2 Å². The largest absolute Gasteiger partial charge is 0.497 e. The number of rotatable bonds is 6. The van der Waals surface area contributed by atoms with Crippen molar-refractivity contribution in [3.05, 3.63) is 89.7 Å². The molecule has 0 bridgehead atoms. The van der Waals surface area contributed by atoms with E-state index in [1.807, 2.05) is 48.5 Å². The van der Waals surface area contributed by atoms with Crippen LogP contribution in [0.3, 0.4) is 0 Å². The van der Waals surface area contributed by atoms with Crippen LogP contribution in [0.2, 0.25) is 0 Å². The molecule has 0 aliphatic rings. The summed E-state index contributed by atoms with van der Waals surface area (Å²) in [7, 11) is 3.00. The number of aromatic nitrogens is 1. The molecule has 1 aromatic heterocycles. The molecule has 156 valence electrons. The second kappa shape index (κ2) is 8.83. The first-order valence-corrected chi connectivity index (χ1v) is 9.63. The molecule has 4 aromatic rings. The van der Waals surface area contributed by atoms with Gasteiger partial charge in [0.1, 0.15) is 12.4 Å². The molecule has 0 aliphatic carbocycles. The summed E-state index contributed by atoms with van der Waals surface area (Å²) in [6, 6.07) is 21.0. The molecular formula is C25H20FNO4. The van der Waals surface area contributed by atoms with Crippen molar-refractivity contribution in [3.8, 4) is 22.8 Å². The minimum absolute atomic E-state index is 0.0612. The Labute approximate surface area is 179 Å². The number of ether oxygens (including phenoxy) is 3. The lowest BCUT2D eigenvalue weighted by atomic mass is 10.0. The van der Waals surface area contributed by atoms with Crippen LogP contribution in [0.5, 0.6) is 11.5 Å². The van der Waals surface area contributed by atoms with Gasteiger partial charge in [-0.05, 0) is 54.1 Å². The standard InChI is InChI=1S/C25H20FNO4/c1-29-18-10-8-17(9-11-18)23-14-20(19-5-3-4-6-22(19)27-23)25(28)31-15-16-7-12-24(30-2)21(26)13-16/h3-14H,15H2,1-2H3. The van der Waals surface area contributed by atoms with Gasteiger partial charge in [0.15, 0.2) is 11.6 Å². The third-order valence-electron chi connectivity index (χ3n) is 4.91. The van der Waals surface area contributed by atoms with E-state index in [9.17, 15) is 9.18 Å². The van der Waals surface area contributed by atoms with Gasteiger partial charge in [0.25, 0.3) is 0 Å². The summed E-state index contributed by atoms with van der Waals surface area (Å²) in [4.78, 5) is 17.6. The Morgan fingerprint density at radius 1 is 0.935 bits per heavy atom. The van der Waals surface area contributed by atoms with Crippen LogP contribution < -0.4 is 9.47 Å². The van der Waals surface area contributed by atoms with Crippen molar-refractivity contribution >= 4 is 16.9 Å². The highest BCUT2D eigenvalue weighted by Gasteiger charge is 2.16. The van der Waals surface area contributed by atoms with Gasteiger partial charge in [-0.2, -0.15) is 0 Å². The highest BCUT2D eigenvalue weighted by atomic mass is 19.1. The number of benzene rings is 3. The molecule has 0 aliphatic heterocycles. The summed E-state index contributed by atoms with van der Waals surface area (Å²) in [5.74, 6) is -0.146. The van der Waals surface area contributed by atoms with E-state index >= 15 is 0 Å². The van der Waals surface area contributed by atoms with Crippen LogP contribution in [0.25, 0.3) is 22.2 Å². The fourth-order valence-corrected chi connectivity index (χ4v) is 3.28. The Morgan fingerprint density at radius 3 is 2.42 bits per heavy atom.